The molecule has 184 valence electrons. The number of amides is 1. The molecule has 0 unspecified atom stereocenters. The van der Waals surface area contributed by atoms with Crippen molar-refractivity contribution in [3.05, 3.63) is 88.7 Å². The van der Waals surface area contributed by atoms with Crippen LogP contribution in [0, 0.1) is 5.82 Å². The molecule has 35 heavy (non-hydrogen) atoms. The minimum Gasteiger partial charge on any atom is -0.325 e. The molecule has 9 heteroatoms. The molecule has 1 saturated heterocycles. The number of anilines is 1. The van der Waals surface area contributed by atoms with E-state index in [1.54, 1.807) is 0 Å². The average Bonchev–Trinajstić information content (AvgIpc) is 2.83. The zero-order valence-corrected chi connectivity index (χ0v) is 21.2. The zero-order chi connectivity index (χ0) is 25.3. The first-order valence-corrected chi connectivity index (χ1v) is 13.1. The maximum atomic E-state index is 13.5. The Labute approximate surface area is 210 Å². The molecule has 0 spiro atoms. The largest absolute Gasteiger partial charge is 0.325 e. The van der Waals surface area contributed by atoms with Crippen LogP contribution in [0.1, 0.15) is 43.4 Å². The molecule has 1 fully saturated rings. The van der Waals surface area contributed by atoms with Gasteiger partial charge in [0.2, 0.25) is 5.91 Å². The van der Waals surface area contributed by atoms with Crippen LogP contribution in [0.15, 0.2) is 66.7 Å². The molecule has 1 aliphatic heterocycles. The molecule has 2 N–H and O–H groups in total. The highest BCUT2D eigenvalue weighted by Crippen LogP contribution is 2.32. The highest BCUT2D eigenvalue weighted by Gasteiger charge is 2.40. The number of likely N-dealkylation sites (N-methyl/N-ethyl adjacent to an activating group) is 1. The third-order valence-corrected chi connectivity index (χ3v) is 8.14. The van der Waals surface area contributed by atoms with Gasteiger partial charge >= 0.3 is 0 Å². The molecule has 4 rings (SSSR count). The standard InChI is InChI=1S/C26H27ClFN3O3S/c1-16(2)17-7-9-18(10-8-17)19-5-4-6-20(13-19)24-15-25(31(3)35(33,34)30-24)26(32)29-21-11-12-23(28)22(27)14-21/h4-14,16,24-25,30H,15H2,1-3H3,(H,29,32)/t24-,25+/m1/s1. The molecule has 0 bridgehead atoms. The summed E-state index contributed by atoms with van der Waals surface area (Å²) in [6, 6.07) is 18.2. The van der Waals surface area contributed by atoms with Crippen LogP contribution < -0.4 is 10.0 Å². The second kappa shape index (κ2) is 10.1. The summed E-state index contributed by atoms with van der Waals surface area (Å²) in [7, 11) is -2.56. The predicted octanol–water partition coefficient (Wildman–Crippen LogP) is 5.49. The fourth-order valence-corrected chi connectivity index (χ4v) is 5.58. The summed E-state index contributed by atoms with van der Waals surface area (Å²) < 4.78 is 42.9. The second-order valence-corrected chi connectivity index (χ2v) is 11.1. The van der Waals surface area contributed by atoms with Crippen molar-refractivity contribution in [3.63, 3.8) is 0 Å². The van der Waals surface area contributed by atoms with Crippen molar-refractivity contribution in [2.45, 2.75) is 38.3 Å². The topological polar surface area (TPSA) is 78.5 Å². The lowest BCUT2D eigenvalue weighted by Crippen LogP contribution is -2.55. The Kier molecular flexibility index (Phi) is 7.28. The molecule has 0 saturated carbocycles. The summed E-state index contributed by atoms with van der Waals surface area (Å²) in [5.74, 6) is -0.700. The SMILES string of the molecule is CC(C)c1ccc(-c2cccc([C@H]3C[C@@H](C(=O)Nc4ccc(F)c(Cl)c4)N(C)S(=O)(=O)N3)c2)cc1. The fourth-order valence-electron chi connectivity index (χ4n) is 4.12. The van der Waals surface area contributed by atoms with Crippen LogP contribution in [0.25, 0.3) is 11.1 Å². The lowest BCUT2D eigenvalue weighted by molar-refractivity contribution is -0.120. The highest BCUT2D eigenvalue weighted by molar-refractivity contribution is 7.87. The van der Waals surface area contributed by atoms with Crippen LogP contribution in [-0.2, 0) is 15.0 Å². The van der Waals surface area contributed by atoms with Crippen LogP contribution in [-0.4, -0.2) is 31.7 Å². The van der Waals surface area contributed by atoms with Gasteiger partial charge in [-0.3, -0.25) is 4.79 Å². The number of carbonyl (C=O) groups excluding carboxylic acids is 1. The number of carbonyl (C=O) groups is 1. The predicted molar refractivity (Wildman–Crippen MR) is 137 cm³/mol. The van der Waals surface area contributed by atoms with E-state index in [2.05, 4.69) is 48.2 Å². The Bertz CT molecular complexity index is 1350. The van der Waals surface area contributed by atoms with Gasteiger partial charge in [0.25, 0.3) is 10.2 Å². The number of rotatable bonds is 5. The van der Waals surface area contributed by atoms with Crippen LogP contribution in [0.3, 0.4) is 0 Å². The van der Waals surface area contributed by atoms with Gasteiger partial charge in [0.1, 0.15) is 11.9 Å². The van der Waals surface area contributed by atoms with Crippen molar-refractivity contribution in [2.75, 3.05) is 12.4 Å². The number of benzene rings is 3. The van der Waals surface area contributed by atoms with Gasteiger partial charge in [-0.05, 0) is 58.9 Å². The van der Waals surface area contributed by atoms with Gasteiger partial charge in [0.05, 0.1) is 5.02 Å². The van der Waals surface area contributed by atoms with E-state index in [0.29, 0.717) is 5.92 Å². The van der Waals surface area contributed by atoms with Crippen LogP contribution >= 0.6 is 11.6 Å². The summed E-state index contributed by atoms with van der Waals surface area (Å²) in [6.07, 6.45) is 0.215. The molecule has 1 heterocycles. The van der Waals surface area contributed by atoms with Gasteiger partial charge in [0.15, 0.2) is 0 Å². The van der Waals surface area contributed by atoms with Crippen molar-refractivity contribution >= 4 is 33.4 Å². The molecule has 1 amide bonds. The second-order valence-electron chi connectivity index (χ2n) is 8.96. The first kappa shape index (κ1) is 25.3. The van der Waals surface area contributed by atoms with E-state index >= 15 is 0 Å². The van der Waals surface area contributed by atoms with Gasteiger partial charge in [-0.1, -0.05) is 67.9 Å². The monoisotopic (exact) mass is 515 g/mol. The van der Waals surface area contributed by atoms with Gasteiger partial charge in [-0.2, -0.15) is 17.4 Å². The van der Waals surface area contributed by atoms with Crippen LogP contribution in [0.5, 0.6) is 0 Å². The van der Waals surface area contributed by atoms with Gasteiger partial charge < -0.3 is 5.32 Å². The normalized spacial score (nSPS) is 20.1. The summed E-state index contributed by atoms with van der Waals surface area (Å²) in [6.45, 7) is 4.28. The number of nitrogens with zero attached hydrogens (tertiary/aromatic N) is 1. The quantitative estimate of drug-likeness (QED) is 0.471. The minimum absolute atomic E-state index is 0.134. The lowest BCUT2D eigenvalue weighted by Gasteiger charge is -2.36. The van der Waals surface area contributed by atoms with E-state index in [-0.39, 0.29) is 17.1 Å². The Morgan fingerprint density at radius 2 is 1.80 bits per heavy atom. The summed E-state index contributed by atoms with van der Waals surface area (Å²) in [5, 5.41) is 2.51. The van der Waals surface area contributed by atoms with Crippen molar-refractivity contribution in [3.8, 4) is 11.1 Å². The Balaban J connectivity index is 1.59. The molecular formula is C26H27ClFN3O3S. The molecule has 3 aromatic rings. The fraction of sp³-hybridized carbons (Fsp3) is 0.269. The van der Waals surface area contributed by atoms with Crippen molar-refractivity contribution in [2.24, 2.45) is 0 Å². The van der Waals surface area contributed by atoms with Gasteiger partial charge in [-0.25, -0.2) is 4.39 Å². The first-order valence-electron chi connectivity index (χ1n) is 11.3. The number of hydrogen-bond donors (Lipinski definition) is 2. The zero-order valence-electron chi connectivity index (χ0n) is 19.6. The van der Waals surface area contributed by atoms with Gasteiger partial charge in [-0.15, -0.1) is 0 Å². The molecule has 0 aliphatic carbocycles. The van der Waals surface area contributed by atoms with E-state index in [1.807, 2.05) is 24.3 Å². The summed E-state index contributed by atoms with van der Waals surface area (Å²) in [4.78, 5) is 13.0. The van der Waals surface area contributed by atoms with E-state index in [9.17, 15) is 17.6 Å². The maximum absolute atomic E-state index is 13.5. The maximum Gasteiger partial charge on any atom is 0.280 e. The molecular weight excluding hydrogens is 489 g/mol. The van der Waals surface area contributed by atoms with Gasteiger partial charge in [0, 0.05) is 18.8 Å². The van der Waals surface area contributed by atoms with Crippen LogP contribution in [0.4, 0.5) is 10.1 Å². The third-order valence-electron chi connectivity index (χ3n) is 6.26. The van der Waals surface area contributed by atoms with E-state index in [4.69, 9.17) is 11.6 Å². The van der Waals surface area contributed by atoms with Crippen molar-refractivity contribution in [1.29, 1.82) is 0 Å². The molecule has 0 aromatic heterocycles. The summed E-state index contributed by atoms with van der Waals surface area (Å²) in [5.41, 5.74) is 4.26. The van der Waals surface area contributed by atoms with E-state index in [1.165, 1.54) is 24.7 Å². The Morgan fingerprint density at radius 3 is 2.46 bits per heavy atom. The molecule has 3 aromatic carbocycles. The van der Waals surface area contributed by atoms with Crippen molar-refractivity contribution in [1.82, 2.24) is 9.03 Å². The lowest BCUT2D eigenvalue weighted by atomic mass is 9.94. The van der Waals surface area contributed by atoms with Crippen molar-refractivity contribution < 1.29 is 17.6 Å². The number of nitrogens with one attached hydrogen (secondary N) is 2. The highest BCUT2D eigenvalue weighted by atomic mass is 35.5. The molecule has 6 nitrogen and oxygen atoms in total. The number of hydrogen-bond acceptors (Lipinski definition) is 3. The minimum atomic E-state index is -3.92. The first-order chi connectivity index (χ1) is 16.5. The molecule has 2 atom stereocenters. The Hall–Kier alpha value is -2.78. The molecule has 0 radical (unpaired) electrons. The van der Waals surface area contributed by atoms with Crippen LogP contribution in [0.2, 0.25) is 5.02 Å². The summed E-state index contributed by atoms with van der Waals surface area (Å²) >= 11 is 5.81. The third kappa shape index (κ3) is 5.56. The Morgan fingerprint density at radius 1 is 1.09 bits per heavy atom. The van der Waals surface area contributed by atoms with E-state index in [0.717, 1.165) is 27.1 Å². The smallest absolute Gasteiger partial charge is 0.280 e. The average molecular weight is 516 g/mol. The van der Waals surface area contributed by atoms with E-state index < -0.39 is 34.0 Å². The molecule has 1 aliphatic rings. The number of halogens is 2.